The van der Waals surface area contributed by atoms with Crippen LogP contribution in [-0.2, 0) is 10.4 Å². The van der Waals surface area contributed by atoms with E-state index >= 15 is 0 Å². The summed E-state index contributed by atoms with van der Waals surface area (Å²) in [7, 11) is 0. The van der Waals surface area contributed by atoms with Crippen LogP contribution >= 0.6 is 15.9 Å². The molecule has 17 heavy (non-hydrogen) atoms. The second kappa shape index (κ2) is 4.31. The van der Waals surface area contributed by atoms with E-state index in [9.17, 15) is 9.90 Å². The van der Waals surface area contributed by atoms with Gasteiger partial charge in [-0.15, -0.1) is 0 Å². The van der Waals surface area contributed by atoms with Gasteiger partial charge in [-0.05, 0) is 25.1 Å². The van der Waals surface area contributed by atoms with Crippen molar-refractivity contribution in [1.29, 1.82) is 0 Å². The minimum absolute atomic E-state index is 0.201. The molecule has 2 atom stereocenters. The minimum atomic E-state index is -1.36. The Morgan fingerprint density at radius 3 is 3.00 bits per heavy atom. The predicted octanol–water partition coefficient (Wildman–Crippen LogP) is 2.28. The third-order valence-electron chi connectivity index (χ3n) is 2.84. The van der Waals surface area contributed by atoms with Gasteiger partial charge < -0.3 is 14.9 Å². The zero-order valence-electron chi connectivity index (χ0n) is 9.31. The van der Waals surface area contributed by atoms with Gasteiger partial charge in [-0.1, -0.05) is 15.9 Å². The lowest BCUT2D eigenvalue weighted by Crippen LogP contribution is -2.38. The normalized spacial score (nSPS) is 27.1. The number of halogens is 1. The molecule has 92 valence electrons. The Balaban J connectivity index is 2.48. The molecule has 0 amide bonds. The Morgan fingerprint density at radius 1 is 1.65 bits per heavy atom. The summed E-state index contributed by atoms with van der Waals surface area (Å²) in [5.74, 6) is -0.469. The third-order valence-corrected chi connectivity index (χ3v) is 3.33. The van der Waals surface area contributed by atoms with E-state index in [1.54, 1.807) is 18.2 Å². The van der Waals surface area contributed by atoms with E-state index in [1.807, 2.05) is 6.92 Å². The lowest BCUT2D eigenvalue weighted by atomic mass is 9.83. The van der Waals surface area contributed by atoms with Crippen LogP contribution in [0.2, 0.25) is 0 Å². The van der Waals surface area contributed by atoms with E-state index in [0.29, 0.717) is 11.3 Å². The lowest BCUT2D eigenvalue weighted by molar-refractivity contribution is -0.145. The first-order valence-corrected chi connectivity index (χ1v) is 6.11. The molecule has 0 fully saturated rings. The van der Waals surface area contributed by atoms with E-state index in [0.717, 1.165) is 4.47 Å². The highest BCUT2D eigenvalue weighted by atomic mass is 79.9. The van der Waals surface area contributed by atoms with E-state index < -0.39 is 11.6 Å². The molecule has 0 saturated heterocycles. The van der Waals surface area contributed by atoms with Gasteiger partial charge in [0.25, 0.3) is 0 Å². The van der Waals surface area contributed by atoms with Crippen molar-refractivity contribution in [2.75, 3.05) is 0 Å². The van der Waals surface area contributed by atoms with Crippen LogP contribution in [0.4, 0.5) is 0 Å². The van der Waals surface area contributed by atoms with Crippen molar-refractivity contribution in [3.8, 4) is 5.75 Å². The highest BCUT2D eigenvalue weighted by Gasteiger charge is 2.40. The van der Waals surface area contributed by atoms with Crippen LogP contribution in [0, 0.1) is 0 Å². The van der Waals surface area contributed by atoms with Gasteiger partial charge >= 0.3 is 5.97 Å². The number of ether oxygens (including phenoxy) is 1. The van der Waals surface area contributed by atoms with Crippen LogP contribution in [0.15, 0.2) is 22.7 Å². The summed E-state index contributed by atoms with van der Waals surface area (Å²) in [5.41, 5.74) is -0.824. The van der Waals surface area contributed by atoms with Crippen LogP contribution in [0.3, 0.4) is 0 Å². The SMILES string of the molecule is C[C@@H]1C[C@@](O)(CC(=O)O)c2cc(Br)ccc2O1. The Hall–Kier alpha value is -1.07. The lowest BCUT2D eigenvalue weighted by Gasteiger charge is -2.36. The van der Waals surface area contributed by atoms with Crippen LogP contribution in [0.5, 0.6) is 5.75 Å². The van der Waals surface area contributed by atoms with Gasteiger partial charge in [0, 0.05) is 16.5 Å². The summed E-state index contributed by atoms with van der Waals surface area (Å²) in [6.45, 7) is 1.82. The summed E-state index contributed by atoms with van der Waals surface area (Å²) in [5, 5.41) is 19.4. The van der Waals surface area contributed by atoms with E-state index in [4.69, 9.17) is 9.84 Å². The number of benzene rings is 1. The first kappa shape index (κ1) is 12.4. The quantitative estimate of drug-likeness (QED) is 0.879. The van der Waals surface area contributed by atoms with Gasteiger partial charge in [-0.2, -0.15) is 0 Å². The van der Waals surface area contributed by atoms with Crippen molar-refractivity contribution in [3.05, 3.63) is 28.2 Å². The monoisotopic (exact) mass is 300 g/mol. The number of carboxylic acids is 1. The van der Waals surface area contributed by atoms with Crippen LogP contribution in [-0.4, -0.2) is 22.3 Å². The number of aliphatic carboxylic acids is 1. The van der Waals surface area contributed by atoms with Crippen molar-refractivity contribution >= 4 is 21.9 Å². The van der Waals surface area contributed by atoms with Gasteiger partial charge in [-0.3, -0.25) is 4.79 Å². The van der Waals surface area contributed by atoms with Gasteiger partial charge in [0.2, 0.25) is 0 Å². The molecule has 0 unspecified atom stereocenters. The molecular formula is C12H13BrO4. The largest absolute Gasteiger partial charge is 0.490 e. The zero-order chi connectivity index (χ0) is 12.6. The van der Waals surface area contributed by atoms with Crippen molar-refractivity contribution in [2.45, 2.75) is 31.5 Å². The second-order valence-corrected chi connectivity index (χ2v) is 5.29. The molecule has 1 aromatic rings. The Bertz CT molecular complexity index is 460. The number of hydrogen-bond acceptors (Lipinski definition) is 3. The summed E-state index contributed by atoms with van der Waals surface area (Å²) < 4.78 is 6.38. The first-order chi connectivity index (χ1) is 7.90. The molecule has 4 nitrogen and oxygen atoms in total. The highest BCUT2D eigenvalue weighted by molar-refractivity contribution is 9.10. The molecule has 0 saturated carbocycles. The minimum Gasteiger partial charge on any atom is -0.490 e. The first-order valence-electron chi connectivity index (χ1n) is 5.31. The third kappa shape index (κ3) is 2.45. The molecule has 0 spiro atoms. The summed E-state index contributed by atoms with van der Waals surface area (Å²) in [6, 6.07) is 5.25. The van der Waals surface area contributed by atoms with Crippen molar-refractivity contribution < 1.29 is 19.7 Å². The van der Waals surface area contributed by atoms with Crippen LogP contribution in [0.1, 0.15) is 25.3 Å². The number of rotatable bonds is 2. The van der Waals surface area contributed by atoms with Crippen molar-refractivity contribution in [3.63, 3.8) is 0 Å². The maximum Gasteiger partial charge on any atom is 0.306 e. The summed E-state index contributed by atoms with van der Waals surface area (Å²) >= 11 is 3.31. The maximum atomic E-state index is 10.9. The Morgan fingerprint density at radius 2 is 2.35 bits per heavy atom. The molecule has 0 aromatic heterocycles. The molecule has 2 N–H and O–H groups in total. The zero-order valence-corrected chi connectivity index (χ0v) is 10.9. The fourth-order valence-electron chi connectivity index (χ4n) is 2.23. The highest BCUT2D eigenvalue weighted by Crippen LogP contribution is 2.42. The number of carbonyl (C=O) groups is 1. The Labute approximate surface area is 107 Å². The molecule has 2 rings (SSSR count). The number of aliphatic hydroxyl groups is 1. The second-order valence-electron chi connectivity index (χ2n) is 4.38. The standard InChI is InChI=1S/C12H13BrO4/c1-7-5-12(16,6-11(14)15)9-4-8(13)2-3-10(9)17-7/h2-4,7,16H,5-6H2,1H3,(H,14,15)/t7-,12-/m1/s1. The predicted molar refractivity (Wildman–Crippen MR) is 65.0 cm³/mol. The number of carboxylic acid groups (broad SMARTS) is 1. The van der Waals surface area contributed by atoms with Crippen LogP contribution < -0.4 is 4.74 Å². The number of hydrogen-bond donors (Lipinski definition) is 2. The van der Waals surface area contributed by atoms with Gasteiger partial charge in [0.15, 0.2) is 0 Å². The molecule has 1 aliphatic rings. The van der Waals surface area contributed by atoms with Crippen LogP contribution in [0.25, 0.3) is 0 Å². The van der Waals surface area contributed by atoms with Gasteiger partial charge in [-0.25, -0.2) is 0 Å². The number of fused-ring (bicyclic) bond motifs is 1. The van der Waals surface area contributed by atoms with Gasteiger partial charge in [0.05, 0.1) is 12.5 Å². The molecule has 5 heteroatoms. The summed E-state index contributed by atoms with van der Waals surface area (Å²) in [4.78, 5) is 10.9. The van der Waals surface area contributed by atoms with E-state index in [1.165, 1.54) is 0 Å². The molecule has 1 heterocycles. The molecule has 1 aliphatic heterocycles. The fourth-order valence-corrected chi connectivity index (χ4v) is 2.59. The molecule has 0 aliphatic carbocycles. The molecular weight excluding hydrogens is 288 g/mol. The summed E-state index contributed by atoms with van der Waals surface area (Å²) in [6.07, 6.45) is -0.236. The topological polar surface area (TPSA) is 66.8 Å². The Kier molecular flexibility index (Phi) is 3.14. The van der Waals surface area contributed by atoms with Gasteiger partial charge in [0.1, 0.15) is 11.4 Å². The van der Waals surface area contributed by atoms with Crippen molar-refractivity contribution in [2.24, 2.45) is 0 Å². The maximum absolute atomic E-state index is 10.9. The average Bonchev–Trinajstić information content (AvgIpc) is 2.17. The molecule has 0 radical (unpaired) electrons. The van der Waals surface area contributed by atoms with E-state index in [2.05, 4.69) is 15.9 Å². The average molecular weight is 301 g/mol. The van der Waals surface area contributed by atoms with E-state index in [-0.39, 0.29) is 18.9 Å². The molecule has 1 aromatic carbocycles. The molecule has 0 bridgehead atoms. The fraction of sp³-hybridized carbons (Fsp3) is 0.417. The van der Waals surface area contributed by atoms with Crippen molar-refractivity contribution in [1.82, 2.24) is 0 Å². The smallest absolute Gasteiger partial charge is 0.306 e.